The van der Waals surface area contributed by atoms with Crippen LogP contribution in [0, 0.1) is 0 Å². The molecule has 3 N–H and O–H groups in total. The number of aromatic nitrogens is 1. The van der Waals surface area contributed by atoms with E-state index in [2.05, 4.69) is 4.98 Å². The Morgan fingerprint density at radius 3 is 2.81 bits per heavy atom. The van der Waals surface area contributed by atoms with Crippen LogP contribution in [0.5, 0.6) is 0 Å². The second-order valence-electron chi connectivity index (χ2n) is 3.54. The Kier molecular flexibility index (Phi) is 2.91. The van der Waals surface area contributed by atoms with Gasteiger partial charge >= 0.3 is 5.97 Å². The van der Waals surface area contributed by atoms with Crippen LogP contribution in [-0.4, -0.2) is 42.4 Å². The Morgan fingerprint density at radius 2 is 2.19 bits per heavy atom. The highest BCUT2D eigenvalue weighted by atomic mass is 16.5. The molecule has 0 bridgehead atoms. The minimum Gasteiger partial charge on any atom is -0.478 e. The van der Waals surface area contributed by atoms with E-state index < -0.39 is 5.97 Å². The van der Waals surface area contributed by atoms with Crippen molar-refractivity contribution in [3.63, 3.8) is 0 Å². The number of aromatic carboxylic acids is 1. The molecule has 0 unspecified atom stereocenters. The van der Waals surface area contributed by atoms with Gasteiger partial charge < -0.3 is 20.5 Å². The highest BCUT2D eigenvalue weighted by Gasteiger charge is 2.19. The zero-order valence-corrected chi connectivity index (χ0v) is 8.72. The second-order valence-corrected chi connectivity index (χ2v) is 3.54. The van der Waals surface area contributed by atoms with Crippen molar-refractivity contribution >= 4 is 17.5 Å². The lowest BCUT2D eigenvalue weighted by Gasteiger charge is -2.28. The summed E-state index contributed by atoms with van der Waals surface area (Å²) in [5.41, 5.74) is 6.02. The monoisotopic (exact) mass is 223 g/mol. The van der Waals surface area contributed by atoms with Crippen LogP contribution < -0.4 is 10.6 Å². The van der Waals surface area contributed by atoms with Crippen LogP contribution in [0.1, 0.15) is 10.4 Å². The Morgan fingerprint density at radius 1 is 1.50 bits per heavy atom. The number of rotatable bonds is 2. The van der Waals surface area contributed by atoms with Gasteiger partial charge in [0.25, 0.3) is 0 Å². The molecule has 0 saturated carbocycles. The largest absolute Gasteiger partial charge is 0.478 e. The second kappa shape index (κ2) is 4.36. The van der Waals surface area contributed by atoms with Gasteiger partial charge in [0.1, 0.15) is 11.4 Å². The number of carboxylic acids is 1. The van der Waals surface area contributed by atoms with Crippen molar-refractivity contribution in [1.29, 1.82) is 0 Å². The van der Waals surface area contributed by atoms with E-state index in [9.17, 15) is 4.79 Å². The van der Waals surface area contributed by atoms with Gasteiger partial charge in [-0.3, -0.25) is 0 Å². The van der Waals surface area contributed by atoms with E-state index in [-0.39, 0.29) is 5.56 Å². The number of nitrogens with two attached hydrogens (primary N) is 1. The molecular formula is C10H13N3O3. The van der Waals surface area contributed by atoms with Gasteiger partial charge in [-0.1, -0.05) is 0 Å². The molecule has 1 aromatic heterocycles. The van der Waals surface area contributed by atoms with Gasteiger partial charge in [-0.25, -0.2) is 9.78 Å². The van der Waals surface area contributed by atoms with Gasteiger partial charge in [0.2, 0.25) is 0 Å². The third-order valence-electron chi connectivity index (χ3n) is 2.43. The van der Waals surface area contributed by atoms with Crippen LogP contribution in [0.15, 0.2) is 12.3 Å². The number of nitrogen functional groups attached to an aromatic ring is 1. The SMILES string of the molecule is Nc1cnc(N2CCOCC2)c(C(=O)O)c1. The molecule has 0 aromatic carbocycles. The maximum absolute atomic E-state index is 11.1. The van der Waals surface area contributed by atoms with E-state index in [1.54, 1.807) is 0 Å². The molecule has 0 radical (unpaired) electrons. The number of nitrogens with zero attached hydrogens (tertiary/aromatic N) is 2. The minimum absolute atomic E-state index is 0.141. The molecule has 0 aliphatic carbocycles. The quantitative estimate of drug-likeness (QED) is 0.744. The molecular weight excluding hydrogens is 210 g/mol. The molecule has 1 aliphatic rings. The normalized spacial score (nSPS) is 16.1. The molecule has 1 fully saturated rings. The summed E-state index contributed by atoms with van der Waals surface area (Å²) >= 11 is 0. The summed E-state index contributed by atoms with van der Waals surface area (Å²) in [4.78, 5) is 17.0. The van der Waals surface area contributed by atoms with Crippen LogP contribution in [0.25, 0.3) is 0 Å². The summed E-state index contributed by atoms with van der Waals surface area (Å²) in [5, 5.41) is 9.07. The van der Waals surface area contributed by atoms with Gasteiger partial charge in [0, 0.05) is 13.1 Å². The first kappa shape index (κ1) is 10.7. The maximum Gasteiger partial charge on any atom is 0.339 e. The zero-order chi connectivity index (χ0) is 11.5. The topological polar surface area (TPSA) is 88.7 Å². The predicted molar refractivity (Wildman–Crippen MR) is 58.6 cm³/mol. The first-order valence-electron chi connectivity index (χ1n) is 5.00. The fourth-order valence-corrected chi connectivity index (χ4v) is 1.66. The van der Waals surface area contributed by atoms with Crippen LogP contribution in [0.2, 0.25) is 0 Å². The van der Waals surface area contributed by atoms with Gasteiger partial charge in [0.05, 0.1) is 25.1 Å². The molecule has 1 aliphatic heterocycles. The van der Waals surface area contributed by atoms with Crippen molar-refractivity contribution < 1.29 is 14.6 Å². The smallest absolute Gasteiger partial charge is 0.339 e. The van der Waals surface area contributed by atoms with Crippen molar-refractivity contribution in [2.24, 2.45) is 0 Å². The Labute approximate surface area is 92.6 Å². The lowest BCUT2D eigenvalue weighted by Crippen LogP contribution is -2.37. The number of morpholine rings is 1. The summed E-state index contributed by atoms with van der Waals surface area (Å²) in [6.07, 6.45) is 1.47. The van der Waals surface area contributed by atoms with Crippen LogP contribution in [-0.2, 0) is 4.74 Å². The van der Waals surface area contributed by atoms with Crippen LogP contribution in [0.3, 0.4) is 0 Å². The molecule has 6 nitrogen and oxygen atoms in total. The minimum atomic E-state index is -1.01. The summed E-state index contributed by atoms with van der Waals surface area (Å²) in [6.45, 7) is 2.48. The summed E-state index contributed by atoms with van der Waals surface area (Å²) < 4.78 is 5.20. The lowest BCUT2D eigenvalue weighted by atomic mass is 10.2. The average Bonchev–Trinajstić information content (AvgIpc) is 2.30. The fourth-order valence-electron chi connectivity index (χ4n) is 1.66. The van der Waals surface area contributed by atoms with Crippen molar-refractivity contribution in [3.05, 3.63) is 17.8 Å². The van der Waals surface area contributed by atoms with Crippen molar-refractivity contribution in [3.8, 4) is 0 Å². The van der Waals surface area contributed by atoms with Crippen LogP contribution >= 0.6 is 0 Å². The number of anilines is 2. The molecule has 6 heteroatoms. The number of hydrogen-bond donors (Lipinski definition) is 2. The zero-order valence-electron chi connectivity index (χ0n) is 8.72. The molecule has 86 valence electrons. The third kappa shape index (κ3) is 2.06. The standard InChI is InChI=1S/C10H13N3O3/c11-7-5-8(10(14)15)9(12-6-7)13-1-3-16-4-2-13/h5-6H,1-4,11H2,(H,14,15). The molecule has 1 saturated heterocycles. The van der Waals surface area contributed by atoms with Crippen molar-refractivity contribution in [2.45, 2.75) is 0 Å². The Balaban J connectivity index is 2.34. The van der Waals surface area contributed by atoms with E-state index in [1.165, 1.54) is 12.3 Å². The third-order valence-corrected chi connectivity index (χ3v) is 2.43. The molecule has 16 heavy (non-hydrogen) atoms. The Bertz CT molecular complexity index is 402. The summed E-state index contributed by atoms with van der Waals surface area (Å²) in [7, 11) is 0. The molecule has 0 spiro atoms. The van der Waals surface area contributed by atoms with Gasteiger partial charge in [-0.2, -0.15) is 0 Å². The number of carboxylic acid groups (broad SMARTS) is 1. The van der Waals surface area contributed by atoms with E-state index >= 15 is 0 Å². The van der Waals surface area contributed by atoms with E-state index in [0.29, 0.717) is 37.8 Å². The highest BCUT2D eigenvalue weighted by Crippen LogP contribution is 2.20. The summed E-state index contributed by atoms with van der Waals surface area (Å²) in [6, 6.07) is 1.43. The van der Waals surface area contributed by atoms with Gasteiger partial charge in [-0.15, -0.1) is 0 Å². The maximum atomic E-state index is 11.1. The first-order chi connectivity index (χ1) is 7.68. The van der Waals surface area contributed by atoms with E-state index in [0.717, 1.165) is 0 Å². The number of ether oxygens (including phenoxy) is 1. The lowest BCUT2D eigenvalue weighted by molar-refractivity contribution is 0.0696. The molecule has 0 amide bonds. The van der Waals surface area contributed by atoms with E-state index in [4.69, 9.17) is 15.6 Å². The summed E-state index contributed by atoms with van der Waals surface area (Å²) in [5.74, 6) is -0.550. The fraction of sp³-hybridized carbons (Fsp3) is 0.400. The van der Waals surface area contributed by atoms with Crippen LogP contribution in [0.4, 0.5) is 11.5 Å². The number of hydrogen-bond acceptors (Lipinski definition) is 5. The first-order valence-corrected chi connectivity index (χ1v) is 5.00. The number of pyridine rings is 1. The highest BCUT2D eigenvalue weighted by molar-refractivity contribution is 5.94. The predicted octanol–water partition coefficient (Wildman–Crippen LogP) is 0.199. The molecule has 2 heterocycles. The van der Waals surface area contributed by atoms with Crippen molar-refractivity contribution in [2.75, 3.05) is 36.9 Å². The molecule has 0 atom stereocenters. The van der Waals surface area contributed by atoms with Crippen molar-refractivity contribution in [1.82, 2.24) is 4.98 Å². The average molecular weight is 223 g/mol. The number of carbonyl (C=O) groups is 1. The van der Waals surface area contributed by atoms with Gasteiger partial charge in [-0.05, 0) is 6.07 Å². The van der Waals surface area contributed by atoms with E-state index in [1.807, 2.05) is 4.90 Å². The molecule has 2 rings (SSSR count). The Hall–Kier alpha value is -1.82. The molecule has 1 aromatic rings. The van der Waals surface area contributed by atoms with Gasteiger partial charge in [0.15, 0.2) is 0 Å².